The molecule has 1 rings (SSSR count). The van der Waals surface area contributed by atoms with Crippen LogP contribution in [0.15, 0.2) is 24.3 Å². The van der Waals surface area contributed by atoms with E-state index in [9.17, 15) is 68.4 Å². The average Bonchev–Trinajstić information content (AvgIpc) is 3.27. The van der Waals surface area contributed by atoms with Crippen molar-refractivity contribution < 1.29 is 78.6 Å². The van der Waals surface area contributed by atoms with Crippen molar-refractivity contribution in [1.82, 2.24) is 47.9 Å². The second-order valence-electron chi connectivity index (χ2n) is 16.4. The summed E-state index contributed by atoms with van der Waals surface area (Å²) >= 11 is 0. The van der Waals surface area contributed by atoms with Gasteiger partial charge in [0, 0.05) is 6.42 Å². The van der Waals surface area contributed by atoms with Gasteiger partial charge in [-0.25, -0.2) is 4.79 Å². The van der Waals surface area contributed by atoms with Crippen molar-refractivity contribution in [3.8, 4) is 5.75 Å². The highest BCUT2D eigenvalue weighted by Gasteiger charge is 2.35. The van der Waals surface area contributed by atoms with E-state index < -0.39 is 146 Å². The molecule has 382 valence electrons. The van der Waals surface area contributed by atoms with Crippen LogP contribution in [-0.2, 0) is 54.4 Å². The number of unbranched alkanes of at least 4 members (excludes halogenated alkanes) is 1. The molecule has 0 aliphatic heterocycles. The van der Waals surface area contributed by atoms with Crippen molar-refractivity contribution in [3.05, 3.63) is 29.8 Å². The fourth-order valence-corrected chi connectivity index (χ4v) is 6.02. The molecule has 1 aromatic carbocycles. The van der Waals surface area contributed by atoms with Gasteiger partial charge in [0.1, 0.15) is 54.1 Å². The SMILES string of the molecule is CCCC[C@H](NC(=O)[C@@H](NC(=O)[C@H](Cc1ccc(O)cc1)NC(=O)[C@H](C)N)[C@@H](C)O)C(=O)N[C@@H](CO)C(=O)N[C@@H](CC(C)C)C(=O)NCC(=O)N[C@@H](C)C(=O)N[C@@H](CO)C(=O)N[C@@H](CO)C(=O)O. The van der Waals surface area contributed by atoms with E-state index in [0.29, 0.717) is 18.4 Å². The number of nitrogens with two attached hydrogens (primary N) is 1. The Morgan fingerprint density at radius 1 is 0.574 bits per heavy atom. The molecule has 0 aliphatic carbocycles. The number of rotatable bonds is 30. The summed E-state index contributed by atoms with van der Waals surface area (Å²) in [7, 11) is 0. The first-order chi connectivity index (χ1) is 31.9. The number of hydrogen-bond acceptors (Lipinski definition) is 16. The Hall–Kier alpha value is -6.48. The number of carbonyl (C=O) groups excluding carboxylic acids is 9. The third kappa shape index (κ3) is 21.0. The van der Waals surface area contributed by atoms with Crippen molar-refractivity contribution in [1.29, 1.82) is 0 Å². The molecule has 26 nitrogen and oxygen atoms in total. The Balaban J connectivity index is 3.07. The lowest BCUT2D eigenvalue weighted by molar-refractivity contribution is -0.143. The highest BCUT2D eigenvalue weighted by molar-refractivity contribution is 5.98. The predicted molar refractivity (Wildman–Crippen MR) is 239 cm³/mol. The van der Waals surface area contributed by atoms with Gasteiger partial charge in [-0.1, -0.05) is 45.7 Å². The van der Waals surface area contributed by atoms with Crippen LogP contribution in [0.1, 0.15) is 72.8 Å². The van der Waals surface area contributed by atoms with Crippen molar-refractivity contribution in [2.45, 2.75) is 134 Å². The molecule has 0 aliphatic rings. The molecule has 0 saturated heterocycles. The van der Waals surface area contributed by atoms with Gasteiger partial charge >= 0.3 is 5.97 Å². The first kappa shape index (κ1) is 59.5. The summed E-state index contributed by atoms with van der Waals surface area (Å²) in [6.45, 7) is 5.36. The largest absolute Gasteiger partial charge is 0.508 e. The van der Waals surface area contributed by atoms with Crippen molar-refractivity contribution in [3.63, 3.8) is 0 Å². The molecule has 0 saturated carbocycles. The number of carboxylic acid groups (broad SMARTS) is 1. The predicted octanol–water partition coefficient (Wildman–Crippen LogP) is -6.03. The van der Waals surface area contributed by atoms with Gasteiger partial charge in [0.05, 0.1) is 38.5 Å². The van der Waals surface area contributed by atoms with Crippen molar-refractivity contribution in [2.24, 2.45) is 11.7 Å². The van der Waals surface area contributed by atoms with E-state index in [1.165, 1.54) is 45.0 Å². The Morgan fingerprint density at radius 2 is 1.04 bits per heavy atom. The smallest absolute Gasteiger partial charge is 0.328 e. The van der Waals surface area contributed by atoms with Crippen LogP contribution in [0.3, 0.4) is 0 Å². The fourth-order valence-electron chi connectivity index (χ4n) is 6.02. The lowest BCUT2D eigenvalue weighted by Crippen LogP contribution is -2.62. The Kier molecular flexibility index (Phi) is 26.3. The number of phenols is 1. The monoisotopic (exact) mass is 968 g/mol. The summed E-state index contributed by atoms with van der Waals surface area (Å²) in [6, 6.07) is -7.37. The topological polar surface area (TPSA) is 426 Å². The number of nitrogens with one attached hydrogen (secondary N) is 9. The fraction of sp³-hybridized carbons (Fsp3) is 0.619. The standard InChI is InChI=1S/C42H68N10O16/c1-7-8-9-26(46-41(66)33(23(6)56)52-38(63)28(47-34(59)21(4)43)15-24-10-12-25(57)13-11-24)37(62)50-30(18-54)39(64)48-27(14-20(2)3)36(61)44-16-32(58)45-22(5)35(60)49-29(17-53)40(65)51-31(19-55)42(67)68/h10-13,20-23,26-31,33,53-57H,7-9,14-19,43H2,1-6H3,(H,44,61)(H,45,58)(H,46,66)(H,47,59)(H,48,64)(H,49,60)(H,50,62)(H,51,65)(H,52,63)(H,67,68)/t21-,22-,23+,26-,27-,28-,29-,30-,31-,33-/m0/s1. The molecular formula is C42H68N10O16. The molecule has 0 heterocycles. The van der Waals surface area contributed by atoms with Gasteiger partial charge in [-0.05, 0) is 57.2 Å². The Morgan fingerprint density at radius 3 is 1.53 bits per heavy atom. The summed E-state index contributed by atoms with van der Waals surface area (Å²) in [5, 5.41) is 78.8. The minimum atomic E-state index is -1.72. The van der Waals surface area contributed by atoms with E-state index in [0.717, 1.165) is 0 Å². The highest BCUT2D eigenvalue weighted by Crippen LogP contribution is 2.13. The molecule has 10 atom stereocenters. The number of aromatic hydroxyl groups is 1. The third-order valence-electron chi connectivity index (χ3n) is 9.93. The maximum absolute atomic E-state index is 13.6. The molecule has 0 bridgehead atoms. The summed E-state index contributed by atoms with van der Waals surface area (Å²) in [5.41, 5.74) is 6.20. The van der Waals surface area contributed by atoms with E-state index >= 15 is 0 Å². The first-order valence-electron chi connectivity index (χ1n) is 21.9. The number of amides is 9. The summed E-state index contributed by atoms with van der Waals surface area (Å²) in [4.78, 5) is 129. The van der Waals surface area contributed by atoms with E-state index in [2.05, 4.69) is 42.5 Å². The quantitative estimate of drug-likeness (QED) is 0.0341. The van der Waals surface area contributed by atoms with Crippen LogP contribution < -0.4 is 53.6 Å². The summed E-state index contributed by atoms with van der Waals surface area (Å²) < 4.78 is 0. The minimum Gasteiger partial charge on any atom is -0.508 e. The van der Waals surface area contributed by atoms with Gasteiger partial charge in [-0.15, -0.1) is 0 Å². The van der Waals surface area contributed by atoms with Gasteiger partial charge < -0.3 is 84.2 Å². The van der Waals surface area contributed by atoms with Crippen LogP contribution >= 0.6 is 0 Å². The van der Waals surface area contributed by atoms with E-state index in [4.69, 9.17) is 15.9 Å². The van der Waals surface area contributed by atoms with Crippen molar-refractivity contribution >= 4 is 59.1 Å². The minimum absolute atomic E-state index is 0.0000845. The van der Waals surface area contributed by atoms with E-state index in [1.807, 2.05) is 5.32 Å². The van der Waals surface area contributed by atoms with Crippen LogP contribution in [0.2, 0.25) is 0 Å². The van der Waals surface area contributed by atoms with Gasteiger partial charge in [0.15, 0.2) is 0 Å². The number of benzene rings is 1. The first-order valence-corrected chi connectivity index (χ1v) is 21.9. The van der Waals surface area contributed by atoms with Gasteiger partial charge in [-0.3, -0.25) is 43.2 Å². The maximum Gasteiger partial charge on any atom is 0.328 e. The molecule has 17 N–H and O–H groups in total. The zero-order valence-electron chi connectivity index (χ0n) is 38.9. The van der Waals surface area contributed by atoms with E-state index in [1.54, 1.807) is 20.8 Å². The van der Waals surface area contributed by atoms with Gasteiger partial charge in [-0.2, -0.15) is 0 Å². The number of aliphatic carboxylic acids is 1. The second kappa shape index (κ2) is 30.0. The summed E-state index contributed by atoms with van der Waals surface area (Å²) in [5.74, 6) is -10.4. The summed E-state index contributed by atoms with van der Waals surface area (Å²) in [6.07, 6.45) is -0.740. The maximum atomic E-state index is 13.6. The molecule has 9 amide bonds. The number of carboxylic acids is 1. The highest BCUT2D eigenvalue weighted by atomic mass is 16.4. The normalized spacial score (nSPS) is 15.5. The molecule has 26 heteroatoms. The molecule has 0 aromatic heterocycles. The molecule has 1 aromatic rings. The molecular weight excluding hydrogens is 901 g/mol. The number of aliphatic hydroxyl groups excluding tert-OH is 4. The third-order valence-corrected chi connectivity index (χ3v) is 9.93. The van der Waals surface area contributed by atoms with Crippen LogP contribution in [0.5, 0.6) is 5.75 Å². The number of hydrogen-bond donors (Lipinski definition) is 16. The zero-order chi connectivity index (χ0) is 51.8. The lowest BCUT2D eigenvalue weighted by Gasteiger charge is -2.28. The molecule has 0 spiro atoms. The van der Waals surface area contributed by atoms with Crippen LogP contribution in [0.25, 0.3) is 0 Å². The van der Waals surface area contributed by atoms with Crippen LogP contribution in [-0.4, -0.2) is 177 Å². The number of carbonyl (C=O) groups is 10. The van der Waals surface area contributed by atoms with Crippen LogP contribution in [0.4, 0.5) is 0 Å². The van der Waals surface area contributed by atoms with E-state index in [-0.39, 0.29) is 30.9 Å². The van der Waals surface area contributed by atoms with Gasteiger partial charge in [0.2, 0.25) is 53.2 Å². The Labute approximate surface area is 392 Å². The number of phenolic OH excluding ortho intramolecular Hbond substituents is 1. The van der Waals surface area contributed by atoms with Crippen molar-refractivity contribution in [2.75, 3.05) is 26.4 Å². The second-order valence-corrected chi connectivity index (χ2v) is 16.4. The lowest BCUT2D eigenvalue weighted by atomic mass is 10.0. The zero-order valence-corrected chi connectivity index (χ0v) is 38.9. The molecule has 0 radical (unpaired) electrons. The van der Waals surface area contributed by atoms with Crippen LogP contribution in [0, 0.1) is 5.92 Å². The Bertz CT molecular complexity index is 1880. The number of aliphatic hydroxyl groups is 4. The molecule has 0 unspecified atom stereocenters. The molecule has 0 fully saturated rings. The average molecular weight is 969 g/mol. The van der Waals surface area contributed by atoms with Gasteiger partial charge in [0.25, 0.3) is 0 Å². The molecule has 68 heavy (non-hydrogen) atoms.